The van der Waals surface area contributed by atoms with Gasteiger partial charge in [-0.25, -0.2) is 0 Å². The van der Waals surface area contributed by atoms with Crippen molar-refractivity contribution >= 4 is 17.3 Å². The molecular formula is C14H21ClN2O. The highest BCUT2D eigenvalue weighted by molar-refractivity contribution is 6.31. The van der Waals surface area contributed by atoms with Crippen LogP contribution in [0.2, 0.25) is 5.02 Å². The van der Waals surface area contributed by atoms with Gasteiger partial charge in [0.15, 0.2) is 0 Å². The lowest BCUT2D eigenvalue weighted by Crippen LogP contribution is -2.33. The molecule has 0 aromatic heterocycles. The predicted octanol–water partition coefficient (Wildman–Crippen LogP) is 2.92. The lowest BCUT2D eigenvalue weighted by molar-refractivity contribution is -0.00256. The van der Waals surface area contributed by atoms with E-state index in [0.717, 1.165) is 42.4 Å². The molecule has 0 saturated carbocycles. The molecular weight excluding hydrogens is 248 g/mol. The average molecular weight is 269 g/mol. The van der Waals surface area contributed by atoms with Gasteiger partial charge in [0.05, 0.1) is 6.10 Å². The first-order valence-corrected chi connectivity index (χ1v) is 6.87. The van der Waals surface area contributed by atoms with Gasteiger partial charge in [0.25, 0.3) is 0 Å². The van der Waals surface area contributed by atoms with Crippen molar-refractivity contribution in [2.45, 2.75) is 31.9 Å². The Morgan fingerprint density at radius 3 is 2.94 bits per heavy atom. The van der Waals surface area contributed by atoms with Crippen LogP contribution in [0.4, 0.5) is 5.69 Å². The third-order valence-electron chi connectivity index (χ3n) is 3.37. The molecule has 1 aromatic carbocycles. The molecule has 1 unspecified atom stereocenters. The highest BCUT2D eigenvalue weighted by Crippen LogP contribution is 2.23. The zero-order valence-corrected chi connectivity index (χ0v) is 11.6. The molecule has 0 radical (unpaired) electrons. The van der Waals surface area contributed by atoms with Gasteiger partial charge in [-0.05, 0) is 38.4 Å². The predicted molar refractivity (Wildman–Crippen MR) is 75.8 cm³/mol. The first kappa shape index (κ1) is 13.7. The molecule has 3 nitrogen and oxygen atoms in total. The van der Waals surface area contributed by atoms with Crippen molar-refractivity contribution in [1.29, 1.82) is 0 Å². The number of nitrogens with two attached hydrogens (primary N) is 1. The van der Waals surface area contributed by atoms with E-state index in [0.29, 0.717) is 6.10 Å². The number of benzene rings is 1. The van der Waals surface area contributed by atoms with Crippen molar-refractivity contribution in [2.75, 3.05) is 25.9 Å². The molecule has 4 heteroatoms. The zero-order valence-electron chi connectivity index (χ0n) is 10.9. The average Bonchev–Trinajstić information content (AvgIpc) is 2.35. The van der Waals surface area contributed by atoms with Crippen LogP contribution in [0, 0.1) is 0 Å². The summed E-state index contributed by atoms with van der Waals surface area (Å²) < 4.78 is 5.74. The highest BCUT2D eigenvalue weighted by Gasteiger charge is 2.17. The van der Waals surface area contributed by atoms with E-state index in [-0.39, 0.29) is 0 Å². The van der Waals surface area contributed by atoms with Crippen LogP contribution in [0.5, 0.6) is 0 Å². The van der Waals surface area contributed by atoms with Crippen LogP contribution in [-0.2, 0) is 11.3 Å². The van der Waals surface area contributed by atoms with Crippen LogP contribution in [-0.4, -0.2) is 31.2 Å². The molecule has 0 spiro atoms. The number of nitrogens with zero attached hydrogens (tertiary/aromatic N) is 1. The van der Waals surface area contributed by atoms with Crippen molar-refractivity contribution < 1.29 is 4.74 Å². The Kier molecular flexibility index (Phi) is 4.87. The number of hydrogen-bond acceptors (Lipinski definition) is 3. The van der Waals surface area contributed by atoms with E-state index < -0.39 is 0 Å². The molecule has 100 valence electrons. The summed E-state index contributed by atoms with van der Waals surface area (Å²) in [7, 11) is 2.08. The van der Waals surface area contributed by atoms with Gasteiger partial charge in [-0.2, -0.15) is 0 Å². The topological polar surface area (TPSA) is 38.5 Å². The lowest BCUT2D eigenvalue weighted by Gasteiger charge is -2.27. The van der Waals surface area contributed by atoms with Crippen molar-refractivity contribution in [2.24, 2.45) is 0 Å². The molecule has 1 saturated heterocycles. The van der Waals surface area contributed by atoms with E-state index in [4.69, 9.17) is 22.1 Å². The van der Waals surface area contributed by atoms with Gasteiger partial charge in [0, 0.05) is 36.0 Å². The monoisotopic (exact) mass is 268 g/mol. The van der Waals surface area contributed by atoms with Crippen LogP contribution in [0.3, 0.4) is 0 Å². The molecule has 0 amide bonds. The fourth-order valence-electron chi connectivity index (χ4n) is 2.38. The maximum Gasteiger partial charge on any atom is 0.0702 e. The minimum absolute atomic E-state index is 0.354. The standard InChI is InChI=1S/C14H21ClN2O/c1-17(9-11-5-2-3-8-18-11)10-12-13(15)6-4-7-14(12)16/h4,6-7,11H,2-3,5,8-10,16H2,1H3. The molecule has 1 aliphatic heterocycles. The minimum atomic E-state index is 0.354. The van der Waals surface area contributed by atoms with Gasteiger partial charge in [0.1, 0.15) is 0 Å². The molecule has 2 N–H and O–H groups in total. The Bertz CT molecular complexity index is 371. The first-order valence-electron chi connectivity index (χ1n) is 6.50. The molecule has 18 heavy (non-hydrogen) atoms. The maximum absolute atomic E-state index is 6.18. The van der Waals surface area contributed by atoms with Crippen LogP contribution in [0.15, 0.2) is 18.2 Å². The Morgan fingerprint density at radius 2 is 2.28 bits per heavy atom. The second-order valence-electron chi connectivity index (χ2n) is 4.99. The Balaban J connectivity index is 1.92. The second-order valence-corrected chi connectivity index (χ2v) is 5.40. The lowest BCUT2D eigenvalue weighted by atomic mass is 10.1. The molecule has 1 atom stereocenters. The van der Waals surface area contributed by atoms with Crippen molar-refractivity contribution in [3.63, 3.8) is 0 Å². The number of rotatable bonds is 4. The molecule has 1 aliphatic rings. The van der Waals surface area contributed by atoms with Gasteiger partial charge >= 0.3 is 0 Å². The number of halogens is 1. The molecule has 2 rings (SSSR count). The van der Waals surface area contributed by atoms with Crippen LogP contribution < -0.4 is 5.73 Å². The summed E-state index contributed by atoms with van der Waals surface area (Å²) in [5.74, 6) is 0. The smallest absolute Gasteiger partial charge is 0.0702 e. The van der Waals surface area contributed by atoms with Gasteiger partial charge in [-0.1, -0.05) is 17.7 Å². The molecule has 0 aliphatic carbocycles. The summed E-state index contributed by atoms with van der Waals surface area (Å²) in [4.78, 5) is 2.23. The van der Waals surface area contributed by atoms with Crippen LogP contribution in [0.25, 0.3) is 0 Å². The van der Waals surface area contributed by atoms with Crippen molar-refractivity contribution in [3.8, 4) is 0 Å². The van der Waals surface area contributed by atoms with Crippen molar-refractivity contribution in [3.05, 3.63) is 28.8 Å². The Labute approximate surface area is 114 Å². The van der Waals surface area contributed by atoms with E-state index in [1.54, 1.807) is 0 Å². The van der Waals surface area contributed by atoms with Gasteiger partial charge in [-0.15, -0.1) is 0 Å². The summed E-state index contributed by atoms with van der Waals surface area (Å²) in [6.07, 6.45) is 3.97. The summed E-state index contributed by atoms with van der Waals surface area (Å²) in [5.41, 5.74) is 7.73. The van der Waals surface area contributed by atoms with E-state index in [9.17, 15) is 0 Å². The zero-order chi connectivity index (χ0) is 13.0. The van der Waals surface area contributed by atoms with E-state index in [1.165, 1.54) is 12.8 Å². The summed E-state index contributed by atoms with van der Waals surface area (Å²) >= 11 is 6.18. The van der Waals surface area contributed by atoms with Crippen LogP contribution in [0.1, 0.15) is 24.8 Å². The second kappa shape index (κ2) is 6.41. The fraction of sp³-hybridized carbons (Fsp3) is 0.571. The van der Waals surface area contributed by atoms with E-state index >= 15 is 0 Å². The maximum atomic E-state index is 6.18. The number of hydrogen-bond donors (Lipinski definition) is 1. The largest absolute Gasteiger partial charge is 0.398 e. The number of nitrogen functional groups attached to an aromatic ring is 1. The SMILES string of the molecule is CN(Cc1c(N)cccc1Cl)CC1CCCCO1. The molecule has 0 bridgehead atoms. The highest BCUT2D eigenvalue weighted by atomic mass is 35.5. The normalized spacial score (nSPS) is 20.3. The minimum Gasteiger partial charge on any atom is -0.398 e. The van der Waals surface area contributed by atoms with Gasteiger partial charge in [0.2, 0.25) is 0 Å². The molecule has 1 fully saturated rings. The molecule has 1 aromatic rings. The van der Waals surface area contributed by atoms with Crippen LogP contribution >= 0.6 is 11.6 Å². The fourth-order valence-corrected chi connectivity index (χ4v) is 2.62. The van der Waals surface area contributed by atoms with Gasteiger partial charge in [-0.3, -0.25) is 4.90 Å². The summed E-state index contributed by atoms with van der Waals surface area (Å²) in [6.45, 7) is 2.60. The quantitative estimate of drug-likeness (QED) is 0.854. The molecule has 1 heterocycles. The third-order valence-corrected chi connectivity index (χ3v) is 3.73. The van der Waals surface area contributed by atoms with Gasteiger partial charge < -0.3 is 10.5 Å². The Hall–Kier alpha value is -0.770. The number of likely N-dealkylation sites (N-methyl/N-ethyl adjacent to an activating group) is 1. The summed E-state index contributed by atoms with van der Waals surface area (Å²) in [5, 5.41) is 0.742. The third kappa shape index (κ3) is 3.61. The summed E-state index contributed by atoms with van der Waals surface area (Å²) in [6, 6.07) is 5.66. The first-order chi connectivity index (χ1) is 8.66. The number of ether oxygens (including phenoxy) is 1. The van der Waals surface area contributed by atoms with E-state index in [1.807, 2.05) is 18.2 Å². The Morgan fingerprint density at radius 1 is 1.44 bits per heavy atom. The van der Waals surface area contributed by atoms with E-state index in [2.05, 4.69) is 11.9 Å². The van der Waals surface area contributed by atoms with Crippen molar-refractivity contribution in [1.82, 2.24) is 4.90 Å². The number of anilines is 1.